The van der Waals surface area contributed by atoms with Gasteiger partial charge in [0.15, 0.2) is 0 Å². The molecular weight excluding hydrogens is 685 g/mol. The van der Waals surface area contributed by atoms with E-state index in [4.69, 9.17) is 0 Å². The number of benzene rings is 2. The monoisotopic (exact) mass is 722 g/mol. The third-order valence-electron chi connectivity index (χ3n) is 8.06. The first kappa shape index (κ1) is 34.9. The fraction of sp³-hybridized carbons (Fsp3) is 0.154. The van der Waals surface area contributed by atoms with E-state index < -0.39 is 32.0 Å². The summed E-state index contributed by atoms with van der Waals surface area (Å²) in [5.74, 6) is -2.25. The maximum atomic E-state index is 12.1. The van der Waals surface area contributed by atoms with Gasteiger partial charge in [-0.25, -0.2) is 34.6 Å². The summed E-state index contributed by atoms with van der Waals surface area (Å²) in [6.45, 7) is 0. The Bertz CT molecular complexity index is 2150. The van der Waals surface area contributed by atoms with Crippen LogP contribution in [0.25, 0.3) is 33.2 Å². The highest BCUT2D eigenvalue weighted by Gasteiger charge is 2.19. The van der Waals surface area contributed by atoms with Gasteiger partial charge in [0.1, 0.15) is 5.00 Å². The van der Waals surface area contributed by atoms with Crippen molar-refractivity contribution >= 4 is 59.7 Å². The Hall–Kier alpha value is -4.97. The number of hydrogen-bond acceptors (Lipinski definition) is 7. The number of rotatable bonds is 10. The molecule has 256 valence electrons. The molecule has 8 nitrogen and oxygen atoms in total. The Balaban J connectivity index is 1.39. The minimum Gasteiger partial charge on any atom is -0.478 e. The van der Waals surface area contributed by atoms with Crippen molar-refractivity contribution in [1.29, 1.82) is 0 Å². The maximum Gasteiger partial charge on any atom is 0.335 e. The van der Waals surface area contributed by atoms with Gasteiger partial charge in [0.05, 0.1) is 33.9 Å². The number of pyridine rings is 3. The molecule has 0 bridgehead atoms. The Morgan fingerprint density at radius 3 is 1.56 bits per heavy atom. The highest BCUT2D eigenvalue weighted by atomic mass is 32.3. The van der Waals surface area contributed by atoms with Crippen LogP contribution in [0.1, 0.15) is 20.7 Å². The number of carboxylic acids is 2. The molecule has 0 saturated carbocycles. The van der Waals surface area contributed by atoms with Crippen LogP contribution >= 0.6 is 31.4 Å². The molecule has 6 aromatic rings. The Morgan fingerprint density at radius 2 is 1.06 bits per heavy atom. The molecule has 0 atom stereocenters. The third-order valence-corrected chi connectivity index (χ3v) is 12.6. The summed E-state index contributed by atoms with van der Waals surface area (Å²) in [7, 11) is -1.74. The Kier molecular flexibility index (Phi) is 9.58. The molecule has 0 amide bonds. The average Bonchev–Trinajstić information content (AvgIpc) is 3.58. The van der Waals surface area contributed by atoms with Crippen LogP contribution in [-0.2, 0) is 0 Å². The molecule has 0 saturated heterocycles. The van der Waals surface area contributed by atoms with Crippen molar-refractivity contribution in [2.24, 2.45) is 0 Å². The summed E-state index contributed by atoms with van der Waals surface area (Å²) >= 11 is 1.65. The topological polar surface area (TPSA) is 117 Å². The lowest BCUT2D eigenvalue weighted by molar-refractivity contribution is 0.0686. The predicted octanol–water partition coefficient (Wildman–Crippen LogP) is 9.91. The van der Waals surface area contributed by atoms with E-state index in [1.54, 1.807) is 17.5 Å². The van der Waals surface area contributed by atoms with E-state index in [1.807, 2.05) is 12.1 Å². The van der Waals surface area contributed by atoms with E-state index in [-0.39, 0.29) is 22.5 Å². The smallest absolute Gasteiger partial charge is 0.335 e. The quantitative estimate of drug-likeness (QED) is 0.144. The molecule has 11 heteroatoms. The first-order valence-corrected chi connectivity index (χ1v) is 22.1. The van der Waals surface area contributed by atoms with Gasteiger partial charge in [0.2, 0.25) is 0 Å². The van der Waals surface area contributed by atoms with Crippen molar-refractivity contribution in [3.05, 3.63) is 121 Å². The Labute approximate surface area is 299 Å². The van der Waals surface area contributed by atoms with Gasteiger partial charge in [-0.1, -0.05) is 0 Å². The van der Waals surface area contributed by atoms with Crippen molar-refractivity contribution in [2.75, 3.05) is 42.4 Å². The largest absolute Gasteiger partial charge is 0.478 e. The summed E-state index contributed by atoms with van der Waals surface area (Å²) in [6.07, 6.45) is 16.8. The molecule has 0 aliphatic carbocycles. The van der Waals surface area contributed by atoms with Gasteiger partial charge >= 0.3 is 11.9 Å². The van der Waals surface area contributed by atoms with Crippen molar-refractivity contribution in [2.45, 2.75) is 9.79 Å². The zero-order valence-corrected chi connectivity index (χ0v) is 31.1. The van der Waals surface area contributed by atoms with Crippen LogP contribution in [0.5, 0.6) is 0 Å². The first-order chi connectivity index (χ1) is 23.7. The molecule has 0 fully saturated rings. The fourth-order valence-electron chi connectivity index (χ4n) is 5.36. The van der Waals surface area contributed by atoms with Gasteiger partial charge in [-0.05, 0) is 150 Å². The van der Waals surface area contributed by atoms with Gasteiger partial charge in [-0.15, -0.1) is 11.3 Å². The number of nitrogens with zero attached hydrogens (tertiary/aromatic N) is 4. The van der Waals surface area contributed by atoms with Crippen molar-refractivity contribution in [1.82, 2.24) is 15.0 Å². The lowest BCUT2D eigenvalue weighted by Gasteiger charge is -2.29. The van der Waals surface area contributed by atoms with Crippen molar-refractivity contribution in [3.8, 4) is 33.2 Å². The van der Waals surface area contributed by atoms with E-state index in [2.05, 4.69) is 118 Å². The number of thiophene rings is 1. The van der Waals surface area contributed by atoms with Gasteiger partial charge in [0, 0.05) is 28.6 Å². The lowest BCUT2D eigenvalue weighted by atomic mass is 10.1. The molecule has 4 aromatic heterocycles. The van der Waals surface area contributed by atoms with Gasteiger partial charge in [-0.2, -0.15) is 0 Å². The molecule has 2 N–H and O–H groups in total. The molecule has 0 aliphatic heterocycles. The van der Waals surface area contributed by atoms with E-state index in [0.717, 1.165) is 26.8 Å². The highest BCUT2D eigenvalue weighted by Crippen LogP contribution is 2.49. The van der Waals surface area contributed by atoms with Crippen LogP contribution in [0, 0.1) is 0 Å². The summed E-state index contributed by atoms with van der Waals surface area (Å²) in [5.41, 5.74) is 4.37. The normalized spacial score (nSPS) is 12.4. The average molecular weight is 723 g/mol. The van der Waals surface area contributed by atoms with Gasteiger partial charge in [-0.3, -0.25) is 9.97 Å². The van der Waals surface area contributed by atoms with Crippen LogP contribution in [-0.4, -0.2) is 74.6 Å². The zero-order chi connectivity index (χ0) is 35.8. The van der Waals surface area contributed by atoms with Crippen LogP contribution in [0.2, 0.25) is 0 Å². The van der Waals surface area contributed by atoms with E-state index in [9.17, 15) is 19.8 Å². The molecule has 0 aliphatic rings. The van der Waals surface area contributed by atoms with E-state index in [1.165, 1.54) is 40.3 Å². The van der Waals surface area contributed by atoms with Crippen LogP contribution in [0.4, 0.5) is 16.4 Å². The number of carboxylic acid groups (broad SMARTS) is 2. The molecule has 6 rings (SSSR count). The molecule has 4 heterocycles. The molecule has 50 heavy (non-hydrogen) atoms. The van der Waals surface area contributed by atoms with Crippen molar-refractivity contribution < 1.29 is 19.8 Å². The molecule has 0 radical (unpaired) electrons. The summed E-state index contributed by atoms with van der Waals surface area (Å²) in [5, 5.41) is 20.4. The van der Waals surface area contributed by atoms with E-state index in [0.29, 0.717) is 11.4 Å². The van der Waals surface area contributed by atoms with Crippen LogP contribution in [0.15, 0.2) is 119 Å². The second-order valence-electron chi connectivity index (χ2n) is 13.2. The number of aromatic carboxylic acids is 2. The Morgan fingerprint density at radius 1 is 0.580 bits per heavy atom. The number of aromatic nitrogens is 3. The lowest BCUT2D eigenvalue weighted by Crippen LogP contribution is -2.08. The van der Waals surface area contributed by atoms with E-state index >= 15 is 0 Å². The predicted molar refractivity (Wildman–Crippen MR) is 210 cm³/mol. The molecule has 0 unspecified atom stereocenters. The fourth-order valence-corrected chi connectivity index (χ4v) is 8.31. The highest BCUT2D eigenvalue weighted by molar-refractivity contribution is 8.32. The molecule has 2 aromatic carbocycles. The standard InChI is InChI=1S/C39H38N4O4S3/c1-49(2,3)30-11-7-28(8-12-30)43(29-9-13-31(14-10-29)50(4,5)6)37-16-15-36(48-37)25-17-19-40-32(21-25)34-23-27(39(46)47)24-35(42-34)33-22-26(38(44)45)18-20-41-33/h7-24H,1-6H3,(H,44,45)(H,46,47). The number of carbonyl (C=O) groups is 2. The van der Waals surface area contributed by atoms with Crippen LogP contribution < -0.4 is 4.90 Å². The first-order valence-electron chi connectivity index (χ1n) is 15.6. The second-order valence-corrected chi connectivity index (χ2v) is 22.6. The van der Waals surface area contributed by atoms with Crippen LogP contribution in [0.3, 0.4) is 0 Å². The maximum absolute atomic E-state index is 12.1. The zero-order valence-electron chi connectivity index (χ0n) is 28.6. The number of anilines is 3. The summed E-state index contributed by atoms with van der Waals surface area (Å²) in [4.78, 5) is 43.1. The summed E-state index contributed by atoms with van der Waals surface area (Å²) < 4.78 is 0. The summed E-state index contributed by atoms with van der Waals surface area (Å²) in [6, 6.07) is 31.3. The molecule has 0 spiro atoms. The second kappa shape index (κ2) is 13.7. The van der Waals surface area contributed by atoms with Gasteiger partial charge < -0.3 is 15.1 Å². The molecular formula is C39H38N4O4S3. The minimum absolute atomic E-state index is 0.00746. The third kappa shape index (κ3) is 7.60. The van der Waals surface area contributed by atoms with Gasteiger partial charge in [0.25, 0.3) is 0 Å². The minimum atomic E-state index is -1.14. The SMILES string of the molecule is CS(C)(C)c1ccc(N(c2ccc(S(C)(C)C)cc2)c2ccc(-c3ccnc(-c4cc(C(=O)O)cc(-c5cc(C(=O)O)ccn5)n4)c3)s2)cc1. The number of hydrogen-bond donors (Lipinski definition) is 2. The van der Waals surface area contributed by atoms with Crippen molar-refractivity contribution in [3.63, 3.8) is 0 Å².